The lowest BCUT2D eigenvalue weighted by Crippen LogP contribution is -2.34. The molecule has 3 nitrogen and oxygen atoms in total. The average molecular weight is 336 g/mol. The second-order valence-electron chi connectivity index (χ2n) is 7.04. The van der Waals surface area contributed by atoms with Crippen LogP contribution in [0, 0.1) is 11.8 Å². The molecule has 132 valence electrons. The van der Waals surface area contributed by atoms with Crippen LogP contribution >= 0.6 is 0 Å². The molecule has 3 heteroatoms. The molecule has 2 N–H and O–H groups in total. The highest BCUT2D eigenvalue weighted by Gasteiger charge is 2.25. The standard InChI is InChI=1S/C22H28N2O/c25-22(24-17-19-9-5-2-6-10-19)21-13-11-20(12-14-21)16-23-15-18-7-3-1-4-8-18/h1-10,20-21,23H,11-17H2,(H,24,25). The molecule has 1 aliphatic carbocycles. The van der Waals surface area contributed by atoms with Crippen molar-refractivity contribution in [3.05, 3.63) is 71.8 Å². The molecule has 0 heterocycles. The maximum Gasteiger partial charge on any atom is 0.223 e. The fourth-order valence-electron chi connectivity index (χ4n) is 3.57. The highest BCUT2D eigenvalue weighted by atomic mass is 16.1. The maximum atomic E-state index is 12.4. The number of nitrogens with one attached hydrogen (secondary N) is 2. The van der Waals surface area contributed by atoms with E-state index in [1.54, 1.807) is 0 Å². The molecule has 1 amide bonds. The number of benzene rings is 2. The molecule has 0 radical (unpaired) electrons. The lowest BCUT2D eigenvalue weighted by Gasteiger charge is -2.28. The van der Waals surface area contributed by atoms with Crippen LogP contribution in [0.4, 0.5) is 0 Å². The molecule has 3 rings (SSSR count). The zero-order chi connectivity index (χ0) is 17.3. The highest BCUT2D eigenvalue weighted by Crippen LogP contribution is 2.28. The third-order valence-corrected chi connectivity index (χ3v) is 5.13. The summed E-state index contributed by atoms with van der Waals surface area (Å²) in [6.45, 7) is 2.61. The summed E-state index contributed by atoms with van der Waals surface area (Å²) in [5.41, 5.74) is 2.49. The molecule has 1 fully saturated rings. The van der Waals surface area contributed by atoms with E-state index < -0.39 is 0 Å². The molecule has 2 aromatic carbocycles. The van der Waals surface area contributed by atoms with Gasteiger partial charge in [0.1, 0.15) is 0 Å². The van der Waals surface area contributed by atoms with Crippen molar-refractivity contribution in [1.82, 2.24) is 10.6 Å². The normalized spacial score (nSPS) is 20.2. The minimum atomic E-state index is 0.189. The molecule has 0 bridgehead atoms. The fourth-order valence-corrected chi connectivity index (χ4v) is 3.57. The number of rotatable bonds is 7. The first-order valence-electron chi connectivity index (χ1n) is 9.37. The van der Waals surface area contributed by atoms with Gasteiger partial charge < -0.3 is 10.6 Å². The minimum Gasteiger partial charge on any atom is -0.352 e. The minimum absolute atomic E-state index is 0.189. The van der Waals surface area contributed by atoms with E-state index in [-0.39, 0.29) is 11.8 Å². The Bertz CT molecular complexity index is 634. The third-order valence-electron chi connectivity index (χ3n) is 5.13. The SMILES string of the molecule is O=C(NCc1ccccc1)C1CCC(CNCc2ccccc2)CC1. The molecule has 2 aromatic rings. The number of hydrogen-bond donors (Lipinski definition) is 2. The smallest absolute Gasteiger partial charge is 0.223 e. The number of carbonyl (C=O) groups is 1. The van der Waals surface area contributed by atoms with Gasteiger partial charge in [-0.05, 0) is 49.3 Å². The van der Waals surface area contributed by atoms with Gasteiger partial charge in [0.05, 0.1) is 0 Å². The van der Waals surface area contributed by atoms with Crippen LogP contribution in [0.5, 0.6) is 0 Å². The summed E-state index contributed by atoms with van der Waals surface area (Å²) in [5.74, 6) is 1.11. The summed E-state index contributed by atoms with van der Waals surface area (Å²) in [7, 11) is 0. The van der Waals surface area contributed by atoms with E-state index in [0.29, 0.717) is 12.5 Å². The van der Waals surface area contributed by atoms with Crippen molar-refractivity contribution >= 4 is 5.91 Å². The Kier molecular flexibility index (Phi) is 6.63. The maximum absolute atomic E-state index is 12.4. The first-order chi connectivity index (χ1) is 12.3. The van der Waals surface area contributed by atoms with Crippen molar-refractivity contribution in [3.8, 4) is 0 Å². The van der Waals surface area contributed by atoms with Crippen LogP contribution in [-0.4, -0.2) is 12.5 Å². The number of carbonyl (C=O) groups excluding carboxylic acids is 1. The van der Waals surface area contributed by atoms with E-state index in [4.69, 9.17) is 0 Å². The van der Waals surface area contributed by atoms with Gasteiger partial charge in [-0.3, -0.25) is 4.79 Å². The fraction of sp³-hybridized carbons (Fsp3) is 0.409. The lowest BCUT2D eigenvalue weighted by atomic mass is 9.81. The zero-order valence-corrected chi connectivity index (χ0v) is 14.8. The van der Waals surface area contributed by atoms with Crippen molar-refractivity contribution in [2.24, 2.45) is 11.8 Å². The zero-order valence-electron chi connectivity index (χ0n) is 14.8. The van der Waals surface area contributed by atoms with Crippen LogP contribution in [-0.2, 0) is 17.9 Å². The molecule has 0 atom stereocenters. The van der Waals surface area contributed by atoms with Gasteiger partial charge in [0.15, 0.2) is 0 Å². The van der Waals surface area contributed by atoms with Crippen molar-refractivity contribution in [1.29, 1.82) is 0 Å². The first kappa shape index (κ1) is 17.7. The first-order valence-corrected chi connectivity index (χ1v) is 9.37. The topological polar surface area (TPSA) is 41.1 Å². The van der Waals surface area contributed by atoms with Gasteiger partial charge in [-0.15, -0.1) is 0 Å². The van der Waals surface area contributed by atoms with Crippen molar-refractivity contribution in [2.75, 3.05) is 6.54 Å². The second kappa shape index (κ2) is 9.38. The van der Waals surface area contributed by atoms with Crippen LogP contribution in [0.25, 0.3) is 0 Å². The summed E-state index contributed by atoms with van der Waals surface area (Å²) in [6.07, 6.45) is 4.31. The van der Waals surface area contributed by atoms with Crippen LogP contribution < -0.4 is 10.6 Å². The van der Waals surface area contributed by atoms with E-state index in [2.05, 4.69) is 47.0 Å². The Morgan fingerprint density at radius 1 is 0.800 bits per heavy atom. The summed E-state index contributed by atoms with van der Waals surface area (Å²) in [6, 6.07) is 20.6. The van der Waals surface area contributed by atoms with Crippen LogP contribution in [0.2, 0.25) is 0 Å². The van der Waals surface area contributed by atoms with Gasteiger partial charge in [0.2, 0.25) is 5.91 Å². The van der Waals surface area contributed by atoms with Gasteiger partial charge in [-0.25, -0.2) is 0 Å². The van der Waals surface area contributed by atoms with E-state index in [1.807, 2.05) is 24.3 Å². The molecule has 1 aliphatic rings. The van der Waals surface area contributed by atoms with E-state index in [1.165, 1.54) is 5.56 Å². The Hall–Kier alpha value is -2.13. The molecule has 1 saturated carbocycles. The summed E-state index contributed by atoms with van der Waals surface area (Å²) in [5, 5.41) is 6.66. The van der Waals surface area contributed by atoms with Gasteiger partial charge in [0, 0.05) is 19.0 Å². The van der Waals surface area contributed by atoms with Crippen molar-refractivity contribution in [2.45, 2.75) is 38.8 Å². The monoisotopic (exact) mass is 336 g/mol. The van der Waals surface area contributed by atoms with Crippen LogP contribution in [0.15, 0.2) is 60.7 Å². The molecule has 0 aromatic heterocycles. The van der Waals surface area contributed by atoms with Gasteiger partial charge in [0.25, 0.3) is 0 Å². The van der Waals surface area contributed by atoms with E-state index >= 15 is 0 Å². The van der Waals surface area contributed by atoms with Crippen molar-refractivity contribution < 1.29 is 4.79 Å². The summed E-state index contributed by atoms with van der Waals surface area (Å²) >= 11 is 0. The molecular weight excluding hydrogens is 308 g/mol. The molecule has 0 unspecified atom stereocenters. The Balaban J connectivity index is 1.33. The van der Waals surface area contributed by atoms with E-state index in [0.717, 1.165) is 44.3 Å². The van der Waals surface area contributed by atoms with E-state index in [9.17, 15) is 4.79 Å². The third kappa shape index (κ3) is 5.71. The molecule has 0 saturated heterocycles. The summed E-state index contributed by atoms with van der Waals surface area (Å²) in [4.78, 5) is 12.4. The number of amides is 1. The molecular formula is C22H28N2O. The molecule has 0 aliphatic heterocycles. The molecule has 25 heavy (non-hydrogen) atoms. The summed E-state index contributed by atoms with van der Waals surface area (Å²) < 4.78 is 0. The van der Waals surface area contributed by atoms with Gasteiger partial charge >= 0.3 is 0 Å². The lowest BCUT2D eigenvalue weighted by molar-refractivity contribution is -0.126. The quantitative estimate of drug-likeness (QED) is 0.805. The number of hydrogen-bond acceptors (Lipinski definition) is 2. The Morgan fingerprint density at radius 2 is 1.36 bits per heavy atom. The average Bonchev–Trinajstić information content (AvgIpc) is 2.68. The van der Waals surface area contributed by atoms with Crippen LogP contribution in [0.1, 0.15) is 36.8 Å². The van der Waals surface area contributed by atoms with Gasteiger partial charge in [-0.2, -0.15) is 0 Å². The second-order valence-corrected chi connectivity index (χ2v) is 7.04. The highest BCUT2D eigenvalue weighted by molar-refractivity contribution is 5.78. The van der Waals surface area contributed by atoms with Gasteiger partial charge in [-0.1, -0.05) is 60.7 Å². The Labute approximate surface area is 150 Å². The van der Waals surface area contributed by atoms with Crippen molar-refractivity contribution in [3.63, 3.8) is 0 Å². The predicted molar refractivity (Wildman–Crippen MR) is 102 cm³/mol. The predicted octanol–water partition coefficient (Wildman–Crippen LogP) is 3.90. The van der Waals surface area contributed by atoms with Crippen LogP contribution in [0.3, 0.4) is 0 Å². The Morgan fingerprint density at radius 3 is 1.96 bits per heavy atom. The largest absolute Gasteiger partial charge is 0.352 e. The molecule has 0 spiro atoms.